The maximum absolute atomic E-state index is 10.6. The Morgan fingerprint density at radius 3 is 3.00 bits per heavy atom. The maximum atomic E-state index is 10.6. The fourth-order valence-corrected chi connectivity index (χ4v) is 1.97. The summed E-state index contributed by atoms with van der Waals surface area (Å²) in [6.45, 7) is 0.370. The van der Waals surface area contributed by atoms with Crippen molar-refractivity contribution in [2.24, 2.45) is 5.73 Å². The van der Waals surface area contributed by atoms with E-state index in [1.807, 2.05) is 0 Å². The highest BCUT2D eigenvalue weighted by atomic mass is 79.9. The van der Waals surface area contributed by atoms with Gasteiger partial charge < -0.3 is 10.5 Å². The lowest BCUT2D eigenvalue weighted by Gasteiger charge is -2.02. The fourth-order valence-electron chi connectivity index (χ4n) is 1.40. The second kappa shape index (κ2) is 3.21. The number of nitro groups is 1. The van der Waals surface area contributed by atoms with Crippen LogP contribution in [0.1, 0.15) is 11.6 Å². The standard InChI is InChI=1S/C8H7BrN2O3/c9-6-2-4(11(12)13)1-5-7(10)3-14-8(5)6/h1-2,7H,3,10H2. The van der Waals surface area contributed by atoms with E-state index in [4.69, 9.17) is 10.5 Å². The van der Waals surface area contributed by atoms with Crippen LogP contribution in [0.4, 0.5) is 5.69 Å². The first-order valence-electron chi connectivity index (χ1n) is 3.96. The smallest absolute Gasteiger partial charge is 0.271 e. The molecule has 0 amide bonds. The average Bonchev–Trinajstić information content (AvgIpc) is 2.48. The summed E-state index contributed by atoms with van der Waals surface area (Å²) in [5.74, 6) is 0.614. The second-order valence-corrected chi connectivity index (χ2v) is 3.87. The van der Waals surface area contributed by atoms with Gasteiger partial charge in [-0.3, -0.25) is 10.1 Å². The van der Waals surface area contributed by atoms with Gasteiger partial charge in [0.2, 0.25) is 0 Å². The SMILES string of the molecule is NC1COc2c(Br)cc([N+](=O)[O-])cc21. The molecule has 5 nitrogen and oxygen atoms in total. The molecule has 1 heterocycles. The molecule has 1 aliphatic rings. The van der Waals surface area contributed by atoms with Crippen molar-refractivity contribution in [3.05, 3.63) is 32.3 Å². The van der Waals surface area contributed by atoms with Gasteiger partial charge in [0.15, 0.2) is 0 Å². The van der Waals surface area contributed by atoms with Crippen molar-refractivity contribution in [1.29, 1.82) is 0 Å². The molecule has 2 rings (SSSR count). The Labute approximate surface area is 88.1 Å². The quantitative estimate of drug-likeness (QED) is 0.615. The summed E-state index contributed by atoms with van der Waals surface area (Å²) >= 11 is 3.21. The largest absolute Gasteiger partial charge is 0.490 e. The minimum absolute atomic E-state index is 0.0246. The first-order valence-corrected chi connectivity index (χ1v) is 4.75. The van der Waals surface area contributed by atoms with Crippen LogP contribution in [0, 0.1) is 10.1 Å². The van der Waals surface area contributed by atoms with Crippen LogP contribution in [0.3, 0.4) is 0 Å². The number of rotatable bonds is 1. The number of nitrogens with two attached hydrogens (primary N) is 1. The Morgan fingerprint density at radius 1 is 1.64 bits per heavy atom. The zero-order valence-corrected chi connectivity index (χ0v) is 8.65. The van der Waals surface area contributed by atoms with Crippen molar-refractivity contribution < 1.29 is 9.66 Å². The molecule has 0 saturated carbocycles. The van der Waals surface area contributed by atoms with Gasteiger partial charge >= 0.3 is 0 Å². The first-order chi connectivity index (χ1) is 6.59. The molecular formula is C8H7BrN2O3. The molecular weight excluding hydrogens is 252 g/mol. The summed E-state index contributed by atoms with van der Waals surface area (Å²) < 4.78 is 5.86. The van der Waals surface area contributed by atoms with Gasteiger partial charge in [0.25, 0.3) is 5.69 Å². The van der Waals surface area contributed by atoms with Crippen LogP contribution >= 0.6 is 15.9 Å². The molecule has 0 fully saturated rings. The van der Waals surface area contributed by atoms with Gasteiger partial charge in [-0.05, 0) is 15.9 Å². The lowest BCUT2D eigenvalue weighted by atomic mass is 10.1. The molecule has 0 radical (unpaired) electrons. The van der Waals surface area contributed by atoms with Crippen molar-refractivity contribution in [3.63, 3.8) is 0 Å². The summed E-state index contributed by atoms with van der Waals surface area (Å²) in [4.78, 5) is 10.1. The normalized spacial score (nSPS) is 18.9. The van der Waals surface area contributed by atoms with E-state index >= 15 is 0 Å². The van der Waals surface area contributed by atoms with Gasteiger partial charge in [-0.15, -0.1) is 0 Å². The average molecular weight is 259 g/mol. The molecule has 6 heteroatoms. The molecule has 0 aliphatic carbocycles. The molecule has 0 saturated heterocycles. The van der Waals surface area contributed by atoms with Crippen LogP contribution < -0.4 is 10.5 Å². The molecule has 0 bridgehead atoms. The number of hydrogen-bond acceptors (Lipinski definition) is 4. The predicted molar refractivity (Wildman–Crippen MR) is 53.2 cm³/mol. The summed E-state index contributed by atoms with van der Waals surface area (Å²) in [6, 6.07) is 2.59. The predicted octanol–water partition coefficient (Wildman–Crippen LogP) is 1.75. The Balaban J connectivity index is 2.58. The molecule has 0 aromatic heterocycles. The highest BCUT2D eigenvalue weighted by molar-refractivity contribution is 9.10. The van der Waals surface area contributed by atoms with E-state index in [0.717, 1.165) is 0 Å². The summed E-state index contributed by atoms with van der Waals surface area (Å²) in [6.07, 6.45) is 0. The van der Waals surface area contributed by atoms with Crippen LogP contribution in [0.25, 0.3) is 0 Å². The number of nitro benzene ring substituents is 1. The van der Waals surface area contributed by atoms with Gasteiger partial charge in [-0.1, -0.05) is 0 Å². The van der Waals surface area contributed by atoms with Gasteiger partial charge in [0, 0.05) is 17.7 Å². The minimum atomic E-state index is -0.448. The number of non-ortho nitro benzene ring substituents is 1. The van der Waals surface area contributed by atoms with Crippen LogP contribution in [0.2, 0.25) is 0 Å². The minimum Gasteiger partial charge on any atom is -0.490 e. The van der Waals surface area contributed by atoms with Gasteiger partial charge in [0.1, 0.15) is 12.4 Å². The third-order valence-corrected chi connectivity index (χ3v) is 2.66. The van der Waals surface area contributed by atoms with Crippen LogP contribution in [-0.4, -0.2) is 11.5 Å². The van der Waals surface area contributed by atoms with Gasteiger partial charge in [-0.25, -0.2) is 0 Å². The van der Waals surface area contributed by atoms with Crippen molar-refractivity contribution in [2.45, 2.75) is 6.04 Å². The van der Waals surface area contributed by atoms with Crippen molar-refractivity contribution in [3.8, 4) is 5.75 Å². The number of hydrogen-bond donors (Lipinski definition) is 1. The topological polar surface area (TPSA) is 78.4 Å². The van der Waals surface area contributed by atoms with Crippen molar-refractivity contribution in [2.75, 3.05) is 6.61 Å². The molecule has 1 aliphatic heterocycles. The van der Waals surface area contributed by atoms with E-state index < -0.39 is 4.92 Å². The van der Waals surface area contributed by atoms with E-state index in [1.165, 1.54) is 12.1 Å². The van der Waals surface area contributed by atoms with E-state index in [2.05, 4.69) is 15.9 Å². The maximum Gasteiger partial charge on any atom is 0.271 e. The van der Waals surface area contributed by atoms with E-state index in [9.17, 15) is 10.1 Å². The summed E-state index contributed by atoms with van der Waals surface area (Å²) in [5, 5.41) is 10.6. The molecule has 14 heavy (non-hydrogen) atoms. The van der Waals surface area contributed by atoms with Gasteiger partial charge in [0.05, 0.1) is 15.4 Å². The van der Waals surface area contributed by atoms with Crippen molar-refractivity contribution >= 4 is 21.6 Å². The Morgan fingerprint density at radius 2 is 2.36 bits per heavy atom. The molecule has 1 aromatic carbocycles. The zero-order chi connectivity index (χ0) is 10.3. The van der Waals surface area contributed by atoms with Crippen LogP contribution in [0.15, 0.2) is 16.6 Å². The number of ether oxygens (including phenoxy) is 1. The fraction of sp³-hybridized carbons (Fsp3) is 0.250. The first kappa shape index (κ1) is 9.42. The monoisotopic (exact) mass is 258 g/mol. The molecule has 0 spiro atoms. The summed E-state index contributed by atoms with van der Waals surface area (Å²) in [7, 11) is 0. The van der Waals surface area contributed by atoms with E-state index in [-0.39, 0.29) is 11.7 Å². The number of nitrogens with zero attached hydrogens (tertiary/aromatic N) is 1. The van der Waals surface area contributed by atoms with Gasteiger partial charge in [-0.2, -0.15) is 0 Å². The van der Waals surface area contributed by atoms with E-state index in [1.54, 1.807) is 0 Å². The Kier molecular flexibility index (Phi) is 2.16. The molecule has 1 unspecified atom stereocenters. The Hall–Kier alpha value is -1.14. The molecule has 2 N–H and O–H groups in total. The highest BCUT2D eigenvalue weighted by Crippen LogP contribution is 2.40. The Bertz CT molecular complexity index is 408. The number of halogens is 1. The third-order valence-electron chi connectivity index (χ3n) is 2.07. The summed E-state index contributed by atoms with van der Waals surface area (Å²) in [5.41, 5.74) is 6.43. The molecule has 1 aromatic rings. The van der Waals surface area contributed by atoms with E-state index in [0.29, 0.717) is 22.4 Å². The third kappa shape index (κ3) is 1.36. The molecule has 1 atom stereocenters. The lowest BCUT2D eigenvalue weighted by Crippen LogP contribution is -2.10. The van der Waals surface area contributed by atoms with Crippen LogP contribution in [0.5, 0.6) is 5.75 Å². The second-order valence-electron chi connectivity index (χ2n) is 3.02. The van der Waals surface area contributed by atoms with Crippen molar-refractivity contribution in [1.82, 2.24) is 0 Å². The lowest BCUT2D eigenvalue weighted by molar-refractivity contribution is -0.385. The molecule has 74 valence electrons. The zero-order valence-electron chi connectivity index (χ0n) is 7.07. The highest BCUT2D eigenvalue weighted by Gasteiger charge is 2.26. The number of benzene rings is 1. The number of fused-ring (bicyclic) bond motifs is 1. The van der Waals surface area contributed by atoms with Crippen LogP contribution in [-0.2, 0) is 0 Å².